The molecule has 6 aromatic heterocycles. The van der Waals surface area contributed by atoms with Gasteiger partial charge in [-0.15, -0.1) is 22.7 Å². The van der Waals surface area contributed by atoms with Crippen LogP contribution in [-0.4, -0.2) is 178 Å². The lowest BCUT2D eigenvalue weighted by Gasteiger charge is -2.41. The van der Waals surface area contributed by atoms with E-state index in [1.54, 1.807) is 43.0 Å². The Labute approximate surface area is 456 Å². The summed E-state index contributed by atoms with van der Waals surface area (Å²) in [5.41, 5.74) is 19.3. The molecule has 8 aromatic rings. The fourth-order valence-corrected chi connectivity index (χ4v) is 13.5. The zero-order valence-electron chi connectivity index (χ0n) is 44.5. The number of carbonyl (C=O) groups is 2. The molecule has 4 fully saturated rings. The minimum absolute atomic E-state index is 0.0144. The number of piperazine rings is 1. The number of anilines is 2. The quantitative estimate of drug-likeness (QED) is 0.107. The van der Waals surface area contributed by atoms with Crippen LogP contribution < -0.4 is 20.9 Å². The summed E-state index contributed by atoms with van der Waals surface area (Å²) in [4.78, 5) is 56.9. The van der Waals surface area contributed by atoms with Crippen molar-refractivity contribution in [2.45, 2.75) is 39.3 Å². The highest BCUT2D eigenvalue weighted by Gasteiger charge is 2.36. The summed E-state index contributed by atoms with van der Waals surface area (Å²) in [7, 11) is 3.41. The molecule has 4 N–H and O–H groups in total. The molecule has 0 spiro atoms. The van der Waals surface area contributed by atoms with E-state index in [0.29, 0.717) is 56.6 Å². The molecule has 10 heterocycles. The fraction of sp³-hybridized carbons (Fsp3) is 0.404. The number of rotatable bonds is 13. The van der Waals surface area contributed by atoms with Crippen LogP contribution in [-0.2, 0) is 14.3 Å². The number of benzene rings is 2. The fourth-order valence-electron chi connectivity index (χ4n) is 11.2. The van der Waals surface area contributed by atoms with E-state index in [2.05, 4.69) is 120 Å². The molecule has 0 radical (unpaired) electrons. The second-order valence-corrected chi connectivity index (χ2v) is 22.6. The molecule has 4 aliphatic rings. The maximum atomic E-state index is 13.0. The Morgan fingerprint density at radius 2 is 1.23 bits per heavy atom. The van der Waals surface area contributed by atoms with Gasteiger partial charge in [-0.05, 0) is 73.0 Å². The van der Waals surface area contributed by atoms with E-state index in [1.165, 1.54) is 12.7 Å². The third kappa shape index (κ3) is 10.5. The van der Waals surface area contributed by atoms with Crippen LogP contribution in [0.5, 0.6) is 11.5 Å². The Kier molecular flexibility index (Phi) is 15.0. The van der Waals surface area contributed by atoms with Gasteiger partial charge in [0.15, 0.2) is 0 Å². The van der Waals surface area contributed by atoms with Gasteiger partial charge in [-0.1, -0.05) is 31.7 Å². The van der Waals surface area contributed by atoms with Gasteiger partial charge in [0, 0.05) is 123 Å². The van der Waals surface area contributed by atoms with Crippen molar-refractivity contribution in [2.24, 2.45) is 0 Å². The van der Waals surface area contributed by atoms with E-state index in [1.807, 2.05) is 15.9 Å². The first-order chi connectivity index (χ1) is 37.4. The average molecular weight is 1080 g/mol. The van der Waals surface area contributed by atoms with Gasteiger partial charge >= 0.3 is 0 Å². The molecule has 77 heavy (non-hydrogen) atoms. The van der Waals surface area contributed by atoms with Crippen molar-refractivity contribution in [2.75, 3.05) is 124 Å². The Morgan fingerprint density at radius 3 is 1.78 bits per heavy atom. The van der Waals surface area contributed by atoms with Gasteiger partial charge in [0.2, 0.25) is 5.91 Å². The Balaban J connectivity index is 0.000000164. The van der Waals surface area contributed by atoms with Crippen molar-refractivity contribution in [1.29, 1.82) is 0 Å². The van der Waals surface area contributed by atoms with Crippen LogP contribution in [0.1, 0.15) is 36.6 Å². The number of amides is 2. The summed E-state index contributed by atoms with van der Waals surface area (Å²) >= 11 is 3.36. The average Bonchev–Trinajstić information content (AvgIpc) is 4.39. The summed E-state index contributed by atoms with van der Waals surface area (Å²) in [5.74, 6) is 2.75. The summed E-state index contributed by atoms with van der Waals surface area (Å²) in [6.07, 6.45) is 11.9. The molecule has 18 nitrogen and oxygen atoms in total. The first-order valence-corrected chi connectivity index (χ1v) is 28.1. The number of aryl methyl sites for hydroxylation is 2. The SMILES string of the molecule is C=C(CN1CCOCC1)C(=O)N1CC(n2cc(-c3cc4cc(C)cc(OC)c4s3)c3c(N)ncnc32)C1.CCN1CCN(C/C=C/C(=O)N2CCC(n3cc(-c4cc5cc(C)cc(OC)c5s4)c4c(N)ncnc43)C2)CC1. The van der Waals surface area contributed by atoms with Crippen molar-refractivity contribution in [3.63, 3.8) is 0 Å². The van der Waals surface area contributed by atoms with Gasteiger partial charge in [0.1, 0.15) is 47.1 Å². The highest BCUT2D eigenvalue weighted by Crippen LogP contribution is 2.46. The molecule has 1 atom stereocenters. The van der Waals surface area contributed by atoms with E-state index in [0.717, 1.165) is 151 Å². The lowest BCUT2D eigenvalue weighted by atomic mass is 10.1. The number of nitrogens with two attached hydrogens (primary N) is 2. The molecule has 12 rings (SSSR count). The first kappa shape index (κ1) is 52.1. The molecule has 4 saturated heterocycles. The third-order valence-electron chi connectivity index (χ3n) is 15.5. The number of likely N-dealkylation sites (tertiary alicyclic amines) is 2. The predicted octanol–water partition coefficient (Wildman–Crippen LogP) is 7.66. The smallest absolute Gasteiger partial charge is 0.250 e. The Morgan fingerprint density at radius 1 is 0.701 bits per heavy atom. The molecule has 0 aliphatic carbocycles. The van der Waals surface area contributed by atoms with Crippen LogP contribution in [0.4, 0.5) is 11.6 Å². The van der Waals surface area contributed by atoms with Gasteiger partial charge in [-0.25, -0.2) is 19.9 Å². The molecule has 20 heteroatoms. The molecule has 2 aromatic carbocycles. The van der Waals surface area contributed by atoms with Gasteiger partial charge in [0.05, 0.1) is 59.7 Å². The van der Waals surface area contributed by atoms with Gasteiger partial charge in [0.25, 0.3) is 5.91 Å². The monoisotopic (exact) mass is 1080 g/mol. The molecule has 1 unspecified atom stereocenters. The number of morpholine rings is 1. The summed E-state index contributed by atoms with van der Waals surface area (Å²) in [5, 5.41) is 3.97. The maximum Gasteiger partial charge on any atom is 0.250 e. The largest absolute Gasteiger partial charge is 0.495 e. The van der Waals surface area contributed by atoms with Gasteiger partial charge in [-0.3, -0.25) is 19.4 Å². The lowest BCUT2D eigenvalue weighted by molar-refractivity contribution is -0.133. The van der Waals surface area contributed by atoms with Crippen LogP contribution in [0.2, 0.25) is 0 Å². The predicted molar refractivity (Wildman–Crippen MR) is 308 cm³/mol. The molecule has 0 bridgehead atoms. The number of thiophene rings is 2. The molecule has 4 aliphatic heterocycles. The molecule has 0 saturated carbocycles. The van der Waals surface area contributed by atoms with Gasteiger partial charge < -0.3 is 49.5 Å². The highest BCUT2D eigenvalue weighted by atomic mass is 32.1. The number of ether oxygens (including phenoxy) is 3. The Bertz CT molecular complexity index is 3540. The lowest BCUT2D eigenvalue weighted by Crippen LogP contribution is -2.52. The van der Waals surface area contributed by atoms with E-state index >= 15 is 0 Å². The van der Waals surface area contributed by atoms with Crippen LogP contribution in [0.3, 0.4) is 0 Å². The van der Waals surface area contributed by atoms with Crippen LogP contribution in [0.25, 0.3) is 63.1 Å². The zero-order chi connectivity index (χ0) is 53.5. The number of likely N-dealkylation sites (N-methyl/N-ethyl adjacent to an activating group) is 1. The van der Waals surface area contributed by atoms with Crippen molar-refractivity contribution < 1.29 is 23.8 Å². The number of nitrogens with zero attached hydrogens (tertiary/aromatic N) is 11. The van der Waals surface area contributed by atoms with Crippen LogP contribution in [0, 0.1) is 13.8 Å². The number of fused-ring (bicyclic) bond motifs is 4. The molecule has 402 valence electrons. The van der Waals surface area contributed by atoms with Crippen molar-refractivity contribution in [3.05, 3.63) is 96.9 Å². The second kappa shape index (κ2) is 22.2. The number of nitrogen functional groups attached to an aromatic ring is 2. The molecular weight excluding hydrogens is 1010 g/mol. The second-order valence-electron chi connectivity index (χ2n) is 20.5. The normalized spacial score (nSPS) is 18.0. The zero-order valence-corrected chi connectivity index (χ0v) is 46.2. The number of methoxy groups -OCH3 is 2. The minimum atomic E-state index is 0.0144. The summed E-state index contributed by atoms with van der Waals surface area (Å²) in [6, 6.07) is 13.1. The Hall–Kier alpha value is -6.94. The first-order valence-electron chi connectivity index (χ1n) is 26.4. The van der Waals surface area contributed by atoms with Gasteiger partial charge in [-0.2, -0.15) is 0 Å². The van der Waals surface area contributed by atoms with E-state index in [9.17, 15) is 9.59 Å². The standard InChI is InChI=1S/C30H37N7O2S.C27H30N6O3S/c1-4-34-10-12-35(13-11-34)8-5-6-26(38)36-9-7-22(17-36)37-18-23(27-29(31)32-19-33-30(27)37)25-16-21-14-20(2)15-24(39-3)28(21)40-25;1-16-8-18-10-22(37-24(18)21(9-16)35-3)20-14-33(26-23(20)25(28)29-15-30-26)19-12-32(13-19)27(34)17(2)11-31-4-6-36-7-5-31/h5-6,14-16,18-19,22H,4,7-13,17H2,1-3H3,(H2,31,32,33);8-10,14-15,19H,2,4-7,11-13H2,1,3H3,(H2,28,29,30)/b6-5+;. The summed E-state index contributed by atoms with van der Waals surface area (Å²) < 4.78 is 23.3. The topological polar surface area (TPSA) is 191 Å². The van der Waals surface area contributed by atoms with Crippen molar-refractivity contribution >= 4 is 88.4 Å². The maximum absolute atomic E-state index is 13.0. The van der Waals surface area contributed by atoms with E-state index < -0.39 is 0 Å². The van der Waals surface area contributed by atoms with E-state index in [4.69, 9.17) is 25.7 Å². The van der Waals surface area contributed by atoms with Crippen molar-refractivity contribution in [3.8, 4) is 32.4 Å². The number of hydrogen-bond acceptors (Lipinski definition) is 16. The molecular formula is C57H67N13O5S2. The minimum Gasteiger partial charge on any atom is -0.495 e. The number of aromatic nitrogens is 6. The van der Waals surface area contributed by atoms with Crippen LogP contribution >= 0.6 is 22.7 Å². The number of carbonyl (C=O) groups excluding carboxylic acids is 2. The molecule has 2 amide bonds. The van der Waals surface area contributed by atoms with Crippen LogP contribution in [0.15, 0.2) is 85.8 Å². The third-order valence-corrected chi connectivity index (χ3v) is 17.9. The summed E-state index contributed by atoms with van der Waals surface area (Å²) in [6.45, 7) is 22.9. The number of hydrogen-bond donors (Lipinski definition) is 2. The van der Waals surface area contributed by atoms with Crippen molar-refractivity contribution in [1.82, 2.24) is 53.6 Å². The highest BCUT2D eigenvalue weighted by molar-refractivity contribution is 7.23. The van der Waals surface area contributed by atoms with E-state index in [-0.39, 0.29) is 23.9 Å².